The molecule has 0 heterocycles. The average molecular weight is 264 g/mol. The van der Waals surface area contributed by atoms with E-state index in [1.807, 2.05) is 0 Å². The van der Waals surface area contributed by atoms with E-state index in [0.29, 0.717) is 5.41 Å². The molecule has 0 atom stereocenters. The lowest BCUT2D eigenvalue weighted by Crippen LogP contribution is -2.46. The summed E-state index contributed by atoms with van der Waals surface area (Å²) in [6.07, 6.45) is 13.3. The summed E-state index contributed by atoms with van der Waals surface area (Å²) in [5, 5.41) is 3.67. The highest BCUT2D eigenvalue weighted by atomic mass is 15.2. The van der Waals surface area contributed by atoms with Gasteiger partial charge in [-0.2, -0.15) is 0 Å². The van der Waals surface area contributed by atoms with Gasteiger partial charge in [-0.25, -0.2) is 0 Å². The molecule has 0 bridgehead atoms. The molecule has 0 spiro atoms. The topological polar surface area (TPSA) is 15.3 Å². The van der Waals surface area contributed by atoms with Gasteiger partial charge in [0.2, 0.25) is 0 Å². The summed E-state index contributed by atoms with van der Waals surface area (Å²) < 4.78 is 0. The SMILES string of the molecule is CCNCC1(CN(CC2CC2)C2CC2)CCCCC1. The molecule has 0 aromatic rings. The summed E-state index contributed by atoms with van der Waals surface area (Å²) in [5.74, 6) is 1.06. The zero-order valence-electron chi connectivity index (χ0n) is 12.8. The molecule has 0 aromatic heterocycles. The van der Waals surface area contributed by atoms with Gasteiger partial charge in [-0.3, -0.25) is 4.90 Å². The highest BCUT2D eigenvalue weighted by molar-refractivity contribution is 4.94. The lowest BCUT2D eigenvalue weighted by Gasteiger charge is -2.42. The standard InChI is InChI=1S/C17H32N2/c1-2-18-13-17(10-4-3-5-11-17)14-19(16-8-9-16)12-15-6-7-15/h15-16,18H,2-14H2,1H3. The molecular formula is C17H32N2. The maximum Gasteiger partial charge on any atom is 0.00967 e. The second kappa shape index (κ2) is 6.13. The summed E-state index contributed by atoms with van der Waals surface area (Å²) in [6, 6.07) is 0.959. The van der Waals surface area contributed by atoms with Gasteiger partial charge in [0, 0.05) is 25.7 Å². The molecule has 0 saturated heterocycles. The Balaban J connectivity index is 1.59. The zero-order valence-corrected chi connectivity index (χ0v) is 12.8. The molecule has 0 unspecified atom stereocenters. The van der Waals surface area contributed by atoms with E-state index < -0.39 is 0 Å². The number of nitrogens with one attached hydrogen (secondary N) is 1. The monoisotopic (exact) mass is 264 g/mol. The van der Waals surface area contributed by atoms with Crippen molar-refractivity contribution in [3.05, 3.63) is 0 Å². The molecule has 3 saturated carbocycles. The van der Waals surface area contributed by atoms with Crippen molar-refractivity contribution in [3.63, 3.8) is 0 Å². The fourth-order valence-corrected chi connectivity index (χ4v) is 3.93. The molecular weight excluding hydrogens is 232 g/mol. The van der Waals surface area contributed by atoms with Crippen molar-refractivity contribution in [1.82, 2.24) is 10.2 Å². The molecule has 2 heteroatoms. The van der Waals surface area contributed by atoms with E-state index in [9.17, 15) is 0 Å². The molecule has 19 heavy (non-hydrogen) atoms. The van der Waals surface area contributed by atoms with Crippen LogP contribution in [-0.2, 0) is 0 Å². The van der Waals surface area contributed by atoms with Gasteiger partial charge in [0.1, 0.15) is 0 Å². The van der Waals surface area contributed by atoms with Crippen LogP contribution in [0.2, 0.25) is 0 Å². The molecule has 3 rings (SSSR count). The second-order valence-electron chi connectivity index (χ2n) is 7.44. The Morgan fingerprint density at radius 1 is 1.05 bits per heavy atom. The Hall–Kier alpha value is -0.0800. The Morgan fingerprint density at radius 2 is 1.79 bits per heavy atom. The van der Waals surface area contributed by atoms with Crippen molar-refractivity contribution >= 4 is 0 Å². The lowest BCUT2D eigenvalue weighted by molar-refractivity contribution is 0.0945. The van der Waals surface area contributed by atoms with Crippen LogP contribution in [0.4, 0.5) is 0 Å². The molecule has 0 amide bonds. The molecule has 0 aliphatic heterocycles. The van der Waals surface area contributed by atoms with Crippen molar-refractivity contribution in [1.29, 1.82) is 0 Å². The van der Waals surface area contributed by atoms with Crippen LogP contribution in [-0.4, -0.2) is 37.1 Å². The largest absolute Gasteiger partial charge is 0.316 e. The smallest absolute Gasteiger partial charge is 0.00967 e. The predicted molar refractivity (Wildman–Crippen MR) is 81.4 cm³/mol. The summed E-state index contributed by atoms with van der Waals surface area (Å²) in [6.45, 7) is 7.45. The minimum absolute atomic E-state index is 0.603. The molecule has 1 N–H and O–H groups in total. The van der Waals surface area contributed by atoms with Crippen molar-refractivity contribution < 1.29 is 0 Å². The molecule has 110 valence electrons. The van der Waals surface area contributed by atoms with Crippen molar-refractivity contribution in [2.75, 3.05) is 26.2 Å². The maximum absolute atomic E-state index is 3.67. The van der Waals surface area contributed by atoms with Crippen LogP contribution in [0.5, 0.6) is 0 Å². The van der Waals surface area contributed by atoms with Crippen molar-refractivity contribution in [2.24, 2.45) is 11.3 Å². The van der Waals surface area contributed by atoms with Crippen LogP contribution >= 0.6 is 0 Å². The average Bonchev–Trinajstić information content (AvgIpc) is 3.28. The first kappa shape index (κ1) is 13.9. The van der Waals surface area contributed by atoms with Crippen LogP contribution in [0.3, 0.4) is 0 Å². The molecule has 3 aliphatic rings. The van der Waals surface area contributed by atoms with Crippen LogP contribution in [0.1, 0.15) is 64.7 Å². The minimum Gasteiger partial charge on any atom is -0.316 e. The highest BCUT2D eigenvalue weighted by Gasteiger charge is 2.40. The van der Waals surface area contributed by atoms with E-state index in [1.165, 1.54) is 77.4 Å². The molecule has 0 aromatic carbocycles. The fourth-order valence-electron chi connectivity index (χ4n) is 3.93. The lowest BCUT2D eigenvalue weighted by atomic mass is 9.73. The fraction of sp³-hybridized carbons (Fsp3) is 1.00. The van der Waals surface area contributed by atoms with Gasteiger partial charge in [-0.15, -0.1) is 0 Å². The Bertz CT molecular complexity index is 275. The van der Waals surface area contributed by atoms with Crippen LogP contribution < -0.4 is 5.32 Å². The van der Waals surface area contributed by atoms with Crippen molar-refractivity contribution in [3.8, 4) is 0 Å². The summed E-state index contributed by atoms with van der Waals surface area (Å²) >= 11 is 0. The summed E-state index contributed by atoms with van der Waals surface area (Å²) in [4.78, 5) is 2.89. The highest BCUT2D eigenvalue weighted by Crippen LogP contribution is 2.41. The van der Waals surface area contributed by atoms with E-state index in [0.717, 1.165) is 18.5 Å². The number of hydrogen-bond acceptors (Lipinski definition) is 2. The Kier molecular flexibility index (Phi) is 4.48. The van der Waals surface area contributed by atoms with E-state index in [-0.39, 0.29) is 0 Å². The normalized spacial score (nSPS) is 26.8. The van der Waals surface area contributed by atoms with Crippen molar-refractivity contribution in [2.45, 2.75) is 70.8 Å². The maximum atomic E-state index is 3.67. The van der Waals surface area contributed by atoms with Gasteiger partial charge in [0.05, 0.1) is 0 Å². The predicted octanol–water partition coefficient (Wildman–Crippen LogP) is 3.42. The Morgan fingerprint density at radius 3 is 2.37 bits per heavy atom. The third-order valence-electron chi connectivity index (χ3n) is 5.46. The quantitative estimate of drug-likeness (QED) is 0.722. The van der Waals surface area contributed by atoms with Gasteiger partial charge in [-0.05, 0) is 56.4 Å². The van der Waals surface area contributed by atoms with Crippen LogP contribution in [0.15, 0.2) is 0 Å². The van der Waals surface area contributed by atoms with Gasteiger partial charge in [0.25, 0.3) is 0 Å². The van der Waals surface area contributed by atoms with Gasteiger partial charge < -0.3 is 5.32 Å². The van der Waals surface area contributed by atoms with Gasteiger partial charge in [0.15, 0.2) is 0 Å². The molecule has 3 fully saturated rings. The zero-order chi connectivity index (χ0) is 13.1. The molecule has 3 aliphatic carbocycles. The first-order valence-electron chi connectivity index (χ1n) is 8.76. The van der Waals surface area contributed by atoms with E-state index in [2.05, 4.69) is 17.1 Å². The summed E-state index contributed by atoms with van der Waals surface area (Å²) in [7, 11) is 0. The van der Waals surface area contributed by atoms with E-state index in [1.54, 1.807) is 0 Å². The number of nitrogens with zero attached hydrogens (tertiary/aromatic N) is 1. The van der Waals surface area contributed by atoms with Crippen LogP contribution in [0.25, 0.3) is 0 Å². The van der Waals surface area contributed by atoms with Gasteiger partial charge >= 0.3 is 0 Å². The molecule has 0 radical (unpaired) electrons. The number of rotatable bonds is 8. The third kappa shape index (κ3) is 3.95. The summed E-state index contributed by atoms with van der Waals surface area (Å²) in [5.41, 5.74) is 0.603. The first-order valence-corrected chi connectivity index (χ1v) is 8.76. The third-order valence-corrected chi connectivity index (χ3v) is 5.46. The first-order chi connectivity index (χ1) is 9.31. The van der Waals surface area contributed by atoms with E-state index >= 15 is 0 Å². The number of hydrogen-bond donors (Lipinski definition) is 1. The molecule has 2 nitrogen and oxygen atoms in total. The van der Waals surface area contributed by atoms with E-state index in [4.69, 9.17) is 0 Å². The van der Waals surface area contributed by atoms with Crippen LogP contribution in [0, 0.1) is 11.3 Å². The minimum atomic E-state index is 0.603. The Labute approximate surface area is 119 Å². The van der Waals surface area contributed by atoms with Gasteiger partial charge in [-0.1, -0.05) is 26.2 Å². The second-order valence-corrected chi connectivity index (χ2v) is 7.44.